The largest absolute Gasteiger partial charge is 0.480 e. The summed E-state index contributed by atoms with van der Waals surface area (Å²) in [4.78, 5) is 63.4. The number of carboxylic acids is 1. The van der Waals surface area contributed by atoms with E-state index in [1.165, 1.54) is 0 Å². The fourth-order valence-electron chi connectivity index (χ4n) is 2.72. The maximum absolute atomic E-state index is 12.7. The monoisotopic (exact) mass is 488 g/mol. The first-order chi connectivity index (χ1) is 15.8. The highest BCUT2D eigenvalue weighted by atomic mass is 16.4. The highest BCUT2D eigenvalue weighted by Gasteiger charge is 2.31. The van der Waals surface area contributed by atoms with Crippen molar-refractivity contribution in [2.24, 2.45) is 33.8 Å². The Labute approximate surface area is 197 Å². The molecule has 0 bridgehead atoms. The number of aliphatic hydroxyl groups is 1. The summed E-state index contributed by atoms with van der Waals surface area (Å²) in [6.45, 7) is 2.73. The van der Waals surface area contributed by atoms with Crippen LogP contribution in [0.25, 0.3) is 0 Å². The molecule has 4 unspecified atom stereocenters. The van der Waals surface area contributed by atoms with Crippen molar-refractivity contribution in [1.82, 2.24) is 16.0 Å². The van der Waals surface area contributed by atoms with Crippen LogP contribution in [0.15, 0.2) is 4.99 Å². The number of hydrogen-bond donors (Lipinski definition) is 9. The summed E-state index contributed by atoms with van der Waals surface area (Å²) in [5.41, 5.74) is 21.3. The lowest BCUT2D eigenvalue weighted by Gasteiger charge is -2.26. The van der Waals surface area contributed by atoms with E-state index in [9.17, 15) is 34.2 Å². The Hall–Kier alpha value is -3.46. The Bertz CT molecular complexity index is 755. The number of carbonyl (C=O) groups excluding carboxylic acids is 4. The number of nitrogens with two attached hydrogens (primary N) is 4. The maximum Gasteiger partial charge on any atom is 0.326 e. The van der Waals surface area contributed by atoms with Crippen LogP contribution in [0, 0.1) is 5.92 Å². The van der Waals surface area contributed by atoms with Crippen LogP contribution in [-0.4, -0.2) is 83.1 Å². The zero-order valence-corrected chi connectivity index (χ0v) is 19.3. The smallest absolute Gasteiger partial charge is 0.326 e. The number of carboxylic acid groups (broad SMARTS) is 1. The molecule has 0 heterocycles. The molecule has 0 rings (SSSR count). The van der Waals surface area contributed by atoms with Gasteiger partial charge in [-0.25, -0.2) is 4.79 Å². The lowest BCUT2D eigenvalue weighted by molar-refractivity contribution is -0.143. The summed E-state index contributed by atoms with van der Waals surface area (Å²) in [5, 5.41) is 25.6. The summed E-state index contributed by atoms with van der Waals surface area (Å²) < 4.78 is 0. The summed E-state index contributed by atoms with van der Waals surface area (Å²) in [5.74, 6) is -5.05. The van der Waals surface area contributed by atoms with Crippen molar-refractivity contribution >= 4 is 35.6 Å². The van der Waals surface area contributed by atoms with Crippen LogP contribution in [0.4, 0.5) is 0 Å². The molecule has 0 radical (unpaired) electrons. The number of aliphatic imine (C=N–C) groups is 1. The molecule has 0 aliphatic carbocycles. The number of aliphatic hydroxyl groups excluding tert-OH is 1. The summed E-state index contributed by atoms with van der Waals surface area (Å²) >= 11 is 0. The molecule has 4 amide bonds. The van der Waals surface area contributed by atoms with Crippen LogP contribution in [0.1, 0.15) is 39.5 Å². The van der Waals surface area contributed by atoms with Gasteiger partial charge in [-0.15, -0.1) is 0 Å². The van der Waals surface area contributed by atoms with Crippen LogP contribution < -0.4 is 38.9 Å². The Morgan fingerprint density at radius 2 is 1.47 bits per heavy atom. The van der Waals surface area contributed by atoms with E-state index in [0.29, 0.717) is 6.42 Å². The molecule has 0 aromatic rings. The predicted octanol–water partition coefficient (Wildman–Crippen LogP) is -4.18. The Morgan fingerprint density at radius 1 is 0.882 bits per heavy atom. The van der Waals surface area contributed by atoms with Gasteiger partial charge in [0, 0.05) is 13.0 Å². The molecule has 4 atom stereocenters. The third-order valence-electron chi connectivity index (χ3n) is 4.66. The molecule has 0 saturated heterocycles. The van der Waals surface area contributed by atoms with Crippen LogP contribution in [0.2, 0.25) is 0 Å². The van der Waals surface area contributed by atoms with E-state index >= 15 is 0 Å². The SMILES string of the molecule is CC(C)C(NC(=O)C(N)CCCN=C(N)N)C(=O)NC(CO)C(=O)NC(CCC(N)=O)C(=O)O. The van der Waals surface area contributed by atoms with E-state index in [4.69, 9.17) is 22.9 Å². The number of guanidine groups is 1. The molecule has 15 heteroatoms. The highest BCUT2D eigenvalue weighted by Crippen LogP contribution is 2.05. The third-order valence-corrected chi connectivity index (χ3v) is 4.66. The van der Waals surface area contributed by atoms with Crippen LogP contribution in [0.5, 0.6) is 0 Å². The van der Waals surface area contributed by atoms with Gasteiger partial charge in [0.05, 0.1) is 12.6 Å². The molecule has 0 saturated carbocycles. The number of rotatable bonds is 16. The number of aliphatic carboxylic acids is 1. The van der Waals surface area contributed by atoms with Crippen molar-refractivity contribution in [1.29, 1.82) is 0 Å². The van der Waals surface area contributed by atoms with Crippen molar-refractivity contribution in [3.05, 3.63) is 0 Å². The topological polar surface area (TPSA) is 278 Å². The van der Waals surface area contributed by atoms with E-state index < -0.39 is 66.3 Å². The van der Waals surface area contributed by atoms with Crippen molar-refractivity contribution in [3.8, 4) is 0 Å². The quantitative estimate of drug-likeness (QED) is 0.0573. The second-order valence-corrected chi connectivity index (χ2v) is 7.93. The van der Waals surface area contributed by atoms with E-state index in [2.05, 4.69) is 20.9 Å². The molecule has 15 nitrogen and oxygen atoms in total. The van der Waals surface area contributed by atoms with Gasteiger partial charge in [0.1, 0.15) is 18.1 Å². The van der Waals surface area contributed by atoms with Gasteiger partial charge in [-0.3, -0.25) is 24.2 Å². The van der Waals surface area contributed by atoms with Gasteiger partial charge >= 0.3 is 5.97 Å². The van der Waals surface area contributed by atoms with E-state index in [1.807, 2.05) is 0 Å². The molecule has 13 N–H and O–H groups in total. The zero-order chi connectivity index (χ0) is 26.4. The molecular weight excluding hydrogens is 452 g/mol. The van der Waals surface area contributed by atoms with Crippen molar-refractivity contribution in [2.45, 2.75) is 63.7 Å². The lowest BCUT2D eigenvalue weighted by atomic mass is 10.0. The molecule has 0 aromatic heterocycles. The molecule has 34 heavy (non-hydrogen) atoms. The molecule has 0 spiro atoms. The minimum Gasteiger partial charge on any atom is -0.480 e. The minimum atomic E-state index is -1.51. The van der Waals surface area contributed by atoms with Crippen molar-refractivity contribution in [3.63, 3.8) is 0 Å². The zero-order valence-electron chi connectivity index (χ0n) is 19.3. The molecule has 0 fully saturated rings. The molecule has 0 aliphatic heterocycles. The summed E-state index contributed by atoms with van der Waals surface area (Å²) in [6, 6.07) is -5.00. The average Bonchev–Trinajstić information content (AvgIpc) is 2.74. The third kappa shape index (κ3) is 12.0. The lowest BCUT2D eigenvalue weighted by Crippen LogP contribution is -2.59. The molecule has 194 valence electrons. The van der Waals surface area contributed by atoms with Gasteiger partial charge in [-0.2, -0.15) is 0 Å². The van der Waals surface area contributed by atoms with Gasteiger partial charge in [0.25, 0.3) is 0 Å². The fraction of sp³-hybridized carbons (Fsp3) is 0.684. The summed E-state index contributed by atoms with van der Waals surface area (Å²) in [7, 11) is 0. The van der Waals surface area contributed by atoms with Gasteiger partial charge in [-0.1, -0.05) is 13.8 Å². The number of nitrogens with zero attached hydrogens (tertiary/aromatic N) is 1. The second-order valence-electron chi connectivity index (χ2n) is 7.93. The van der Waals surface area contributed by atoms with Gasteiger partial charge < -0.3 is 49.1 Å². The van der Waals surface area contributed by atoms with E-state index in [1.54, 1.807) is 13.8 Å². The van der Waals surface area contributed by atoms with Gasteiger partial charge in [-0.05, 0) is 25.2 Å². The first-order valence-corrected chi connectivity index (χ1v) is 10.6. The first kappa shape index (κ1) is 30.5. The van der Waals surface area contributed by atoms with Crippen LogP contribution in [-0.2, 0) is 24.0 Å². The molecular formula is C19H36N8O7. The summed E-state index contributed by atoms with van der Waals surface area (Å²) in [6.07, 6.45) is 0.117. The molecule has 0 aromatic carbocycles. The maximum atomic E-state index is 12.7. The Balaban J connectivity index is 5.07. The number of nitrogens with one attached hydrogen (secondary N) is 3. The van der Waals surface area contributed by atoms with Crippen LogP contribution in [0.3, 0.4) is 0 Å². The van der Waals surface area contributed by atoms with E-state index in [-0.39, 0.29) is 31.8 Å². The normalized spacial score (nSPS) is 14.3. The molecule has 0 aliphatic rings. The Morgan fingerprint density at radius 3 is 1.94 bits per heavy atom. The predicted molar refractivity (Wildman–Crippen MR) is 122 cm³/mol. The van der Waals surface area contributed by atoms with E-state index in [0.717, 1.165) is 0 Å². The number of hydrogen-bond acceptors (Lipinski definition) is 8. The van der Waals surface area contributed by atoms with Crippen molar-refractivity contribution in [2.75, 3.05) is 13.2 Å². The first-order valence-electron chi connectivity index (χ1n) is 10.6. The Kier molecular flexibility index (Phi) is 13.8. The standard InChI is InChI=1S/C19H36N8O7/c1-9(2)14(27-15(30)10(20)4-3-7-24-19(22)23)17(32)26-12(8-28)16(31)25-11(18(33)34)5-6-13(21)29/h9-12,14,28H,3-8,20H2,1-2H3,(H2,21,29)(H,25,31)(H,26,32)(H,27,30)(H,33,34)(H4,22,23,24). The number of carbonyl (C=O) groups is 5. The average molecular weight is 489 g/mol. The van der Waals surface area contributed by atoms with Gasteiger partial charge in [0.15, 0.2) is 5.96 Å². The highest BCUT2D eigenvalue weighted by molar-refractivity contribution is 5.94. The van der Waals surface area contributed by atoms with Crippen LogP contribution >= 0.6 is 0 Å². The second kappa shape index (κ2) is 15.4. The number of primary amides is 1. The number of amides is 4. The van der Waals surface area contributed by atoms with Crippen molar-refractivity contribution < 1.29 is 34.2 Å². The fourth-order valence-corrected chi connectivity index (χ4v) is 2.72. The minimum absolute atomic E-state index is 0.0837. The van der Waals surface area contributed by atoms with Gasteiger partial charge in [0.2, 0.25) is 23.6 Å².